The molecule has 3 aliphatic rings. The van der Waals surface area contributed by atoms with Crippen LogP contribution in [0.15, 0.2) is 42.6 Å². The van der Waals surface area contributed by atoms with Crippen LogP contribution in [0.1, 0.15) is 67.4 Å². The summed E-state index contributed by atoms with van der Waals surface area (Å²) in [6, 6.07) is 10.5. The molecule has 4 atom stereocenters. The van der Waals surface area contributed by atoms with Crippen LogP contribution in [-0.2, 0) is 25.5 Å². The van der Waals surface area contributed by atoms with Crippen LogP contribution in [0.25, 0.3) is 10.9 Å². The smallest absolute Gasteiger partial charge is 0.257 e. The molecule has 3 heterocycles. The Morgan fingerprint density at radius 2 is 1.83 bits per heavy atom. The van der Waals surface area contributed by atoms with Crippen molar-refractivity contribution in [3.05, 3.63) is 65.1 Å². The molecule has 2 N–H and O–H groups in total. The number of aromatic nitrogens is 1. The van der Waals surface area contributed by atoms with Crippen LogP contribution in [0.4, 0.5) is 10.1 Å². The van der Waals surface area contributed by atoms with E-state index in [0.29, 0.717) is 35.5 Å². The van der Waals surface area contributed by atoms with Gasteiger partial charge in [0, 0.05) is 54.4 Å². The number of nitrogens with one attached hydrogen (secondary N) is 2. The molecular formula is C36H45FN4O5. The van der Waals surface area contributed by atoms with E-state index in [1.54, 1.807) is 19.2 Å². The lowest BCUT2D eigenvalue weighted by Gasteiger charge is -2.38. The Bertz CT molecular complexity index is 1560. The number of fused-ring (bicyclic) bond motifs is 1. The third-order valence-corrected chi connectivity index (χ3v) is 9.93. The second-order valence-corrected chi connectivity index (χ2v) is 13.4. The summed E-state index contributed by atoms with van der Waals surface area (Å²) in [6.07, 6.45) is 7.09. The topological polar surface area (TPSA) is 104 Å². The number of morpholine rings is 1. The van der Waals surface area contributed by atoms with Crippen LogP contribution in [0.5, 0.6) is 0 Å². The zero-order valence-corrected chi connectivity index (χ0v) is 27.0. The lowest BCUT2D eigenvalue weighted by Crippen LogP contribution is -2.51. The maximum Gasteiger partial charge on any atom is 0.257 e. The predicted molar refractivity (Wildman–Crippen MR) is 174 cm³/mol. The van der Waals surface area contributed by atoms with Gasteiger partial charge in [0.2, 0.25) is 5.91 Å². The molecule has 10 heteroatoms. The number of halogens is 1. The first kappa shape index (κ1) is 32.3. The molecule has 0 unspecified atom stereocenters. The number of amides is 2. The lowest BCUT2D eigenvalue weighted by atomic mass is 9.88. The fourth-order valence-corrected chi connectivity index (χ4v) is 7.50. The standard InChI is InChI=1S/C36H45FN4O5/c1-22-12-26(32(37)15-34(22)39-36(44)31-16-38-33-7-5-4-6-30(31)33)13-35(43)41-19-27(40-17-23(2)46-24(3)18-40)14-28(41)21-45-29-10-8-25(20-42)9-11-29/h4-7,12,15-16,20,23-25,27-29,38H,8-11,13-14,17-19,21H2,1-3H3,(H,39,44)/t23-,24+,25?,27-,28-,29?/m0/s1. The zero-order valence-electron chi connectivity index (χ0n) is 27.0. The molecule has 1 aliphatic carbocycles. The van der Waals surface area contributed by atoms with Crippen molar-refractivity contribution in [3.8, 4) is 0 Å². The van der Waals surface area contributed by atoms with Crippen molar-refractivity contribution in [2.45, 2.75) is 89.7 Å². The van der Waals surface area contributed by atoms with Gasteiger partial charge < -0.3 is 29.5 Å². The van der Waals surface area contributed by atoms with Gasteiger partial charge in [-0.15, -0.1) is 0 Å². The molecule has 46 heavy (non-hydrogen) atoms. The fourth-order valence-electron chi connectivity index (χ4n) is 7.50. The highest BCUT2D eigenvalue weighted by molar-refractivity contribution is 6.13. The van der Waals surface area contributed by atoms with Gasteiger partial charge >= 0.3 is 0 Å². The number of carbonyl (C=O) groups is 3. The summed E-state index contributed by atoms with van der Waals surface area (Å²) < 4.78 is 27.8. The Kier molecular flexibility index (Phi) is 9.86. The summed E-state index contributed by atoms with van der Waals surface area (Å²) in [6.45, 7) is 8.56. The van der Waals surface area contributed by atoms with Gasteiger partial charge in [0.05, 0.1) is 42.9 Å². The average molecular weight is 633 g/mol. The highest BCUT2D eigenvalue weighted by atomic mass is 19.1. The molecular weight excluding hydrogens is 587 g/mol. The maximum atomic E-state index is 15.5. The van der Waals surface area contributed by atoms with Crippen molar-refractivity contribution in [2.24, 2.45) is 5.92 Å². The first-order chi connectivity index (χ1) is 22.2. The largest absolute Gasteiger partial charge is 0.376 e. The van der Waals surface area contributed by atoms with Crippen LogP contribution in [0.3, 0.4) is 0 Å². The monoisotopic (exact) mass is 632 g/mol. The molecule has 1 saturated carbocycles. The summed E-state index contributed by atoms with van der Waals surface area (Å²) in [5, 5.41) is 3.64. The van der Waals surface area contributed by atoms with Gasteiger partial charge in [-0.05, 0) is 76.1 Å². The average Bonchev–Trinajstić information content (AvgIpc) is 3.67. The minimum atomic E-state index is -0.528. The number of H-pyrrole nitrogens is 1. The third kappa shape index (κ3) is 7.19. The van der Waals surface area contributed by atoms with Crippen molar-refractivity contribution in [3.63, 3.8) is 0 Å². The van der Waals surface area contributed by atoms with E-state index in [1.807, 2.05) is 29.2 Å². The second kappa shape index (κ2) is 14.0. The van der Waals surface area contributed by atoms with Gasteiger partial charge in [-0.1, -0.05) is 24.3 Å². The number of likely N-dealkylation sites (tertiary alicyclic amines) is 1. The summed E-state index contributed by atoms with van der Waals surface area (Å²) in [5.41, 5.74) is 2.68. The molecule has 6 rings (SSSR count). The Balaban J connectivity index is 1.14. The molecule has 2 amide bonds. The van der Waals surface area contributed by atoms with Gasteiger partial charge in [-0.2, -0.15) is 0 Å². The molecule has 2 aliphatic heterocycles. The third-order valence-electron chi connectivity index (χ3n) is 9.93. The Labute approximate surface area is 269 Å². The van der Waals surface area contributed by atoms with Crippen LogP contribution in [0, 0.1) is 18.7 Å². The number of hydrogen-bond donors (Lipinski definition) is 2. The normalized spacial score (nSPS) is 27.2. The van der Waals surface area contributed by atoms with E-state index >= 15 is 4.39 Å². The number of aromatic amines is 1. The SMILES string of the molecule is Cc1cc(CC(=O)N2C[C@@H](N3C[C@@H](C)O[C@@H](C)C3)C[C@H]2COC2CCC(C=O)CC2)c(F)cc1NC(=O)c1c[nH]c2ccccc12. The van der Waals surface area contributed by atoms with Crippen LogP contribution >= 0.6 is 0 Å². The summed E-state index contributed by atoms with van der Waals surface area (Å²) in [4.78, 5) is 45.5. The zero-order chi connectivity index (χ0) is 32.4. The van der Waals surface area contributed by atoms with E-state index in [9.17, 15) is 14.4 Å². The van der Waals surface area contributed by atoms with E-state index in [4.69, 9.17) is 9.47 Å². The molecule has 0 spiro atoms. The second-order valence-electron chi connectivity index (χ2n) is 13.4. The number of rotatable bonds is 9. The number of ether oxygens (including phenoxy) is 2. The number of aldehydes is 1. The Morgan fingerprint density at radius 1 is 1.09 bits per heavy atom. The molecule has 0 radical (unpaired) electrons. The molecule has 1 aromatic heterocycles. The molecule has 2 saturated heterocycles. The Morgan fingerprint density at radius 3 is 2.57 bits per heavy atom. The molecule has 2 aromatic carbocycles. The fraction of sp³-hybridized carbons (Fsp3) is 0.528. The molecule has 0 bridgehead atoms. The van der Waals surface area contributed by atoms with Crippen molar-refractivity contribution >= 4 is 34.7 Å². The number of para-hydroxylation sites is 1. The van der Waals surface area contributed by atoms with Gasteiger partial charge in [0.15, 0.2) is 0 Å². The minimum Gasteiger partial charge on any atom is -0.376 e. The molecule has 3 fully saturated rings. The van der Waals surface area contributed by atoms with Crippen LogP contribution in [0.2, 0.25) is 0 Å². The number of hydrogen-bond acceptors (Lipinski definition) is 6. The van der Waals surface area contributed by atoms with Crippen molar-refractivity contribution in [1.82, 2.24) is 14.8 Å². The summed E-state index contributed by atoms with van der Waals surface area (Å²) in [7, 11) is 0. The summed E-state index contributed by atoms with van der Waals surface area (Å²) in [5.74, 6) is -0.879. The van der Waals surface area contributed by atoms with Crippen LogP contribution < -0.4 is 5.32 Å². The quantitative estimate of drug-likeness (QED) is 0.312. The molecule has 246 valence electrons. The van der Waals surface area contributed by atoms with Gasteiger partial charge in [0.1, 0.15) is 12.1 Å². The predicted octanol–water partition coefficient (Wildman–Crippen LogP) is 5.26. The van der Waals surface area contributed by atoms with Crippen molar-refractivity contribution in [2.75, 3.05) is 31.6 Å². The number of carbonyl (C=O) groups excluding carboxylic acids is 3. The van der Waals surface area contributed by atoms with Crippen LogP contribution in [-0.4, -0.2) is 89.5 Å². The van der Waals surface area contributed by atoms with E-state index in [-0.39, 0.29) is 54.5 Å². The molecule has 3 aromatic rings. The van der Waals surface area contributed by atoms with E-state index in [0.717, 1.165) is 62.4 Å². The van der Waals surface area contributed by atoms with Crippen molar-refractivity contribution in [1.29, 1.82) is 0 Å². The molecule has 9 nitrogen and oxygen atoms in total. The summed E-state index contributed by atoms with van der Waals surface area (Å²) >= 11 is 0. The minimum absolute atomic E-state index is 0.0765. The Hall–Kier alpha value is -3.60. The number of nitrogens with zero attached hydrogens (tertiary/aromatic N) is 2. The number of aryl methyl sites for hydroxylation is 1. The van der Waals surface area contributed by atoms with Gasteiger partial charge in [0.25, 0.3) is 5.91 Å². The maximum absolute atomic E-state index is 15.5. The first-order valence-electron chi connectivity index (χ1n) is 16.6. The first-order valence-corrected chi connectivity index (χ1v) is 16.6. The highest BCUT2D eigenvalue weighted by Gasteiger charge is 2.40. The highest BCUT2D eigenvalue weighted by Crippen LogP contribution is 2.30. The van der Waals surface area contributed by atoms with Gasteiger partial charge in [-0.25, -0.2) is 4.39 Å². The lowest BCUT2D eigenvalue weighted by molar-refractivity contribution is -0.133. The van der Waals surface area contributed by atoms with Gasteiger partial charge in [-0.3, -0.25) is 14.5 Å². The number of anilines is 1. The number of benzene rings is 2. The van der Waals surface area contributed by atoms with E-state index in [1.165, 1.54) is 6.07 Å². The van der Waals surface area contributed by atoms with E-state index in [2.05, 4.69) is 29.0 Å². The van der Waals surface area contributed by atoms with E-state index < -0.39 is 5.82 Å². The van der Waals surface area contributed by atoms with Crippen molar-refractivity contribution < 1.29 is 28.2 Å².